The topological polar surface area (TPSA) is 44.3 Å². The van der Waals surface area contributed by atoms with Crippen molar-refractivity contribution in [3.8, 4) is 0 Å². The number of nitrogens with zero attached hydrogens (tertiary/aromatic N) is 4. The maximum atomic E-state index is 4.84. The first-order chi connectivity index (χ1) is 20.1. The zero-order chi connectivity index (χ0) is 28.2. The highest BCUT2D eigenvalue weighted by Crippen LogP contribution is 2.43. The van der Waals surface area contributed by atoms with Crippen LogP contribution >= 0.6 is 23.1 Å². The lowest BCUT2D eigenvalue weighted by Crippen LogP contribution is -2.31. The third-order valence-corrected chi connectivity index (χ3v) is 11.5. The molecule has 5 nitrogen and oxygen atoms in total. The van der Waals surface area contributed by atoms with Gasteiger partial charge in [-0.25, -0.2) is 9.97 Å². The van der Waals surface area contributed by atoms with E-state index in [0.29, 0.717) is 11.8 Å². The van der Waals surface area contributed by atoms with Crippen LogP contribution in [0.5, 0.6) is 0 Å². The normalized spacial score (nSPS) is 25.1. The van der Waals surface area contributed by atoms with Crippen molar-refractivity contribution in [2.45, 2.75) is 64.3 Å². The van der Waals surface area contributed by atoms with Gasteiger partial charge in [-0.05, 0) is 99.4 Å². The maximum Gasteiger partial charge on any atom is 0.145 e. The van der Waals surface area contributed by atoms with Crippen molar-refractivity contribution in [1.82, 2.24) is 14.9 Å². The van der Waals surface area contributed by atoms with Gasteiger partial charge in [-0.2, -0.15) is 11.8 Å². The van der Waals surface area contributed by atoms with Gasteiger partial charge >= 0.3 is 0 Å². The van der Waals surface area contributed by atoms with Crippen molar-refractivity contribution >= 4 is 46.4 Å². The van der Waals surface area contributed by atoms with Crippen LogP contribution < -0.4 is 10.2 Å². The van der Waals surface area contributed by atoms with Crippen LogP contribution in [0.4, 0.5) is 11.6 Å². The Labute approximate surface area is 254 Å². The monoisotopic (exact) mass is 587 g/mol. The quantitative estimate of drug-likeness (QED) is 0.361. The lowest BCUT2D eigenvalue weighted by molar-refractivity contribution is 0.296. The molecule has 1 fully saturated rings. The zero-order valence-electron chi connectivity index (χ0n) is 24.8. The van der Waals surface area contributed by atoms with Gasteiger partial charge in [0.1, 0.15) is 18.0 Å². The molecule has 4 aliphatic rings. The average Bonchev–Trinajstić information content (AvgIpc) is 3.48. The predicted octanol–water partition coefficient (Wildman–Crippen LogP) is 8.43. The van der Waals surface area contributed by atoms with Crippen LogP contribution in [0.1, 0.15) is 79.6 Å². The van der Waals surface area contributed by atoms with Gasteiger partial charge in [0.15, 0.2) is 0 Å². The molecule has 41 heavy (non-hydrogen) atoms. The summed E-state index contributed by atoms with van der Waals surface area (Å²) >= 11 is 4.01. The maximum absolute atomic E-state index is 4.84. The van der Waals surface area contributed by atoms with Crippen molar-refractivity contribution < 1.29 is 0 Å². The summed E-state index contributed by atoms with van der Waals surface area (Å²) < 4.78 is 0. The van der Waals surface area contributed by atoms with Gasteiger partial charge in [0.2, 0.25) is 0 Å². The Morgan fingerprint density at radius 2 is 1.78 bits per heavy atom. The number of nitrogens with one attached hydrogen (secondary N) is 1. The molecule has 5 heterocycles. The van der Waals surface area contributed by atoms with E-state index in [-0.39, 0.29) is 6.04 Å². The molecule has 2 unspecified atom stereocenters. The second-order valence-electron chi connectivity index (χ2n) is 12.1. The molecule has 2 aromatic heterocycles. The molecule has 1 aliphatic carbocycles. The number of hydrogen-bond donors (Lipinski definition) is 1. The molecule has 2 aromatic rings. The van der Waals surface area contributed by atoms with Crippen LogP contribution in [0.2, 0.25) is 0 Å². The first-order valence-corrected chi connectivity index (χ1v) is 17.6. The SMILES string of the molecule is C=C1C(C2CCSCC2)=Cc2c3ncnc2N1CCCCCCCN(C)CC1CC=CC=C1c1ccc(s1)C(C)N3. The minimum atomic E-state index is 0.153. The van der Waals surface area contributed by atoms with Crippen LogP contribution in [0, 0.1) is 11.8 Å². The summed E-state index contributed by atoms with van der Waals surface area (Å²) in [5.74, 6) is 5.54. The van der Waals surface area contributed by atoms with Crippen molar-refractivity contribution in [1.29, 1.82) is 0 Å². The molecule has 1 N–H and O–H groups in total. The van der Waals surface area contributed by atoms with Crippen LogP contribution in [-0.4, -0.2) is 53.1 Å². The molecule has 2 atom stereocenters. The van der Waals surface area contributed by atoms with E-state index in [2.05, 4.69) is 83.9 Å². The summed E-state index contributed by atoms with van der Waals surface area (Å²) in [4.78, 5) is 17.3. The number of anilines is 2. The van der Waals surface area contributed by atoms with E-state index in [9.17, 15) is 0 Å². The van der Waals surface area contributed by atoms with Crippen molar-refractivity contribution in [3.63, 3.8) is 0 Å². The Morgan fingerprint density at radius 1 is 0.976 bits per heavy atom. The van der Waals surface area contributed by atoms with Gasteiger partial charge in [-0.1, -0.05) is 44.1 Å². The van der Waals surface area contributed by atoms with Crippen LogP contribution in [0.25, 0.3) is 11.6 Å². The Bertz CT molecular complexity index is 1320. The molecular weight excluding hydrogens is 543 g/mol. The third-order valence-electron chi connectivity index (χ3n) is 9.16. The fraction of sp³-hybridized carbons (Fsp3) is 0.529. The smallest absolute Gasteiger partial charge is 0.145 e. The molecule has 1 saturated heterocycles. The van der Waals surface area contributed by atoms with E-state index < -0.39 is 0 Å². The summed E-state index contributed by atoms with van der Waals surface area (Å²) in [6.07, 6.45) is 20.9. The Hall–Kier alpha value is -2.35. The van der Waals surface area contributed by atoms with E-state index in [1.54, 1.807) is 6.33 Å². The third kappa shape index (κ3) is 6.52. The summed E-state index contributed by atoms with van der Waals surface area (Å²) in [6, 6.07) is 4.79. The lowest BCUT2D eigenvalue weighted by atomic mass is 9.87. The Morgan fingerprint density at radius 3 is 2.63 bits per heavy atom. The van der Waals surface area contributed by atoms with E-state index >= 15 is 0 Å². The largest absolute Gasteiger partial charge is 0.362 e. The summed E-state index contributed by atoms with van der Waals surface area (Å²) in [6.45, 7) is 10.2. The first kappa shape index (κ1) is 28.8. The predicted molar refractivity (Wildman–Crippen MR) is 179 cm³/mol. The number of thioether (sulfide) groups is 1. The zero-order valence-corrected chi connectivity index (χ0v) is 26.4. The molecule has 6 rings (SSSR count). The average molecular weight is 588 g/mol. The van der Waals surface area contributed by atoms with E-state index in [1.165, 1.54) is 77.5 Å². The number of fused-ring (bicyclic) bond motifs is 4. The molecule has 7 heteroatoms. The fourth-order valence-corrected chi connectivity index (χ4v) is 9.00. The highest BCUT2D eigenvalue weighted by Gasteiger charge is 2.31. The van der Waals surface area contributed by atoms with Gasteiger partial charge in [0.05, 0.1) is 11.6 Å². The second-order valence-corrected chi connectivity index (χ2v) is 14.5. The van der Waals surface area contributed by atoms with Crippen molar-refractivity contribution in [2.24, 2.45) is 11.8 Å². The van der Waals surface area contributed by atoms with E-state index in [1.807, 2.05) is 11.3 Å². The number of aromatic nitrogens is 2. The van der Waals surface area contributed by atoms with Gasteiger partial charge in [0, 0.05) is 34.5 Å². The Kier molecular flexibility index (Phi) is 9.33. The molecule has 3 aliphatic heterocycles. The number of thiophene rings is 1. The van der Waals surface area contributed by atoms with Crippen LogP contribution in [-0.2, 0) is 0 Å². The van der Waals surface area contributed by atoms with Gasteiger partial charge in [-0.15, -0.1) is 11.3 Å². The fourth-order valence-electron chi connectivity index (χ4n) is 6.77. The van der Waals surface area contributed by atoms with Gasteiger partial charge in [-0.3, -0.25) is 0 Å². The molecule has 0 spiro atoms. The van der Waals surface area contributed by atoms with E-state index in [4.69, 9.17) is 9.97 Å². The highest BCUT2D eigenvalue weighted by molar-refractivity contribution is 7.99. The molecule has 0 radical (unpaired) electrons. The minimum Gasteiger partial charge on any atom is -0.362 e. The summed E-state index contributed by atoms with van der Waals surface area (Å²) in [5.41, 5.74) is 5.18. The minimum absolute atomic E-state index is 0.153. The van der Waals surface area contributed by atoms with Gasteiger partial charge < -0.3 is 15.1 Å². The molecule has 6 bridgehead atoms. The van der Waals surface area contributed by atoms with Crippen LogP contribution in [0.3, 0.4) is 0 Å². The standard InChI is InChI=1S/C34H45N5S2/c1-24-31-13-14-32(41-31)28-12-8-7-11-27(28)22-38(3)17-9-5-4-6-10-18-39-25(2)29(26-15-19-40-20-16-26)21-30-33(37-24)35-23-36-34(30)39/h7-8,12-14,21,23-24,26-27H,2,4-6,9-11,15-20,22H2,1,3H3,(H,35,36,37). The first-order valence-electron chi connectivity index (χ1n) is 15.6. The Balaban J connectivity index is 1.34. The van der Waals surface area contributed by atoms with E-state index in [0.717, 1.165) is 48.8 Å². The number of hydrogen-bond acceptors (Lipinski definition) is 7. The lowest BCUT2D eigenvalue weighted by Gasteiger charge is -2.37. The van der Waals surface area contributed by atoms with Crippen LogP contribution in [0.15, 0.2) is 54.5 Å². The molecule has 0 saturated carbocycles. The summed E-state index contributed by atoms with van der Waals surface area (Å²) in [7, 11) is 2.30. The number of rotatable bonds is 1. The highest BCUT2D eigenvalue weighted by atomic mass is 32.2. The van der Waals surface area contributed by atoms with Gasteiger partial charge in [0.25, 0.3) is 0 Å². The second kappa shape index (κ2) is 13.3. The van der Waals surface area contributed by atoms with Crippen molar-refractivity contribution in [3.05, 3.63) is 69.9 Å². The molecular formula is C34H45N5S2. The molecule has 0 aromatic carbocycles. The molecule has 218 valence electrons. The molecule has 0 amide bonds. The van der Waals surface area contributed by atoms with Crippen molar-refractivity contribution in [2.75, 3.05) is 48.4 Å². The summed E-state index contributed by atoms with van der Waals surface area (Å²) in [5, 5.41) is 3.80. The number of allylic oxidation sites excluding steroid dienone is 4.